The Morgan fingerprint density at radius 1 is 0.906 bits per heavy atom. The van der Waals surface area contributed by atoms with Gasteiger partial charge in [-0.05, 0) is 35.4 Å². The number of rotatable bonds is 8. The number of esters is 1. The first kappa shape index (κ1) is 22.4. The van der Waals surface area contributed by atoms with E-state index in [1.807, 2.05) is 0 Å². The van der Waals surface area contributed by atoms with Crippen molar-refractivity contribution >= 4 is 11.9 Å². The zero-order chi connectivity index (χ0) is 22.9. The highest BCUT2D eigenvalue weighted by molar-refractivity contribution is 5.98. The van der Waals surface area contributed by atoms with Crippen LogP contribution in [-0.4, -0.2) is 32.7 Å². The molecule has 0 spiro atoms. The summed E-state index contributed by atoms with van der Waals surface area (Å²) in [6.07, 6.45) is 0. The topological polar surface area (TPSA) is 97.6 Å². The minimum absolute atomic E-state index is 0.239. The van der Waals surface area contributed by atoms with Crippen LogP contribution in [0, 0.1) is 11.3 Å². The van der Waals surface area contributed by atoms with E-state index in [1.54, 1.807) is 73.8 Å². The Bertz CT molecular complexity index is 1170. The van der Waals surface area contributed by atoms with Crippen molar-refractivity contribution < 1.29 is 23.8 Å². The number of carbonyl (C=O) groups excluding carboxylic acids is 2. The third-order valence-electron chi connectivity index (χ3n) is 4.76. The average molecular weight is 430 g/mol. The van der Waals surface area contributed by atoms with E-state index >= 15 is 0 Å². The van der Waals surface area contributed by atoms with Crippen LogP contribution in [-0.2, 0) is 16.1 Å². The maximum absolute atomic E-state index is 12.7. The summed E-state index contributed by atoms with van der Waals surface area (Å²) in [5.41, 5.74) is 2.73. The van der Waals surface area contributed by atoms with E-state index in [9.17, 15) is 14.9 Å². The summed E-state index contributed by atoms with van der Waals surface area (Å²) in [5.74, 6) is 0.0609. The SMILES string of the molecule is COc1ccc(CNC(=O)COC(=O)c2ccccc2-c2ccccc2C#N)cc1OC. The summed E-state index contributed by atoms with van der Waals surface area (Å²) in [4.78, 5) is 24.9. The number of methoxy groups -OCH3 is 2. The molecule has 7 heteroatoms. The fraction of sp³-hybridized carbons (Fsp3) is 0.160. The molecule has 3 rings (SSSR count). The van der Waals surface area contributed by atoms with Gasteiger partial charge in [-0.1, -0.05) is 42.5 Å². The van der Waals surface area contributed by atoms with E-state index < -0.39 is 18.5 Å². The Hall–Kier alpha value is -4.31. The van der Waals surface area contributed by atoms with E-state index in [1.165, 1.54) is 7.11 Å². The van der Waals surface area contributed by atoms with E-state index in [2.05, 4.69) is 11.4 Å². The average Bonchev–Trinajstić information content (AvgIpc) is 2.85. The Balaban J connectivity index is 1.63. The fourth-order valence-corrected chi connectivity index (χ4v) is 3.16. The molecule has 0 aliphatic heterocycles. The first-order valence-corrected chi connectivity index (χ1v) is 9.80. The van der Waals surface area contributed by atoms with Crippen LogP contribution in [0.25, 0.3) is 11.1 Å². The normalized spacial score (nSPS) is 10.0. The number of nitrogens with zero attached hydrogens (tertiary/aromatic N) is 1. The highest BCUT2D eigenvalue weighted by Gasteiger charge is 2.17. The van der Waals surface area contributed by atoms with Crippen molar-refractivity contribution in [1.82, 2.24) is 5.32 Å². The quantitative estimate of drug-likeness (QED) is 0.547. The molecule has 0 fully saturated rings. The van der Waals surface area contributed by atoms with Gasteiger partial charge in [0.25, 0.3) is 5.91 Å². The van der Waals surface area contributed by atoms with Gasteiger partial charge in [0.1, 0.15) is 0 Å². The van der Waals surface area contributed by atoms with E-state index in [4.69, 9.17) is 14.2 Å². The minimum Gasteiger partial charge on any atom is -0.493 e. The number of amides is 1. The molecule has 0 atom stereocenters. The zero-order valence-corrected chi connectivity index (χ0v) is 17.8. The predicted octanol–water partition coefficient (Wildman–Crippen LogP) is 3.72. The molecular weight excluding hydrogens is 408 g/mol. The van der Waals surface area contributed by atoms with Gasteiger partial charge in [0.2, 0.25) is 0 Å². The molecule has 32 heavy (non-hydrogen) atoms. The molecule has 162 valence electrons. The standard InChI is InChI=1S/C25H22N2O5/c1-30-22-12-11-17(13-23(22)31-2)15-27-24(28)16-32-25(29)21-10-6-5-9-20(21)19-8-4-3-7-18(19)14-26/h3-13H,15-16H2,1-2H3,(H,27,28). The molecule has 0 unspecified atom stereocenters. The molecule has 0 saturated carbocycles. The monoisotopic (exact) mass is 430 g/mol. The highest BCUT2D eigenvalue weighted by atomic mass is 16.5. The molecule has 3 aromatic carbocycles. The molecule has 0 saturated heterocycles. The molecular formula is C25H22N2O5. The summed E-state index contributed by atoms with van der Waals surface area (Å²) in [5, 5.41) is 12.1. The number of ether oxygens (including phenoxy) is 3. The lowest BCUT2D eigenvalue weighted by Gasteiger charge is -2.12. The van der Waals surface area contributed by atoms with Gasteiger partial charge in [-0.3, -0.25) is 4.79 Å². The van der Waals surface area contributed by atoms with Crippen molar-refractivity contribution in [3.63, 3.8) is 0 Å². The summed E-state index contributed by atoms with van der Waals surface area (Å²) >= 11 is 0. The fourth-order valence-electron chi connectivity index (χ4n) is 3.16. The van der Waals surface area contributed by atoms with Gasteiger partial charge in [-0.25, -0.2) is 4.79 Å². The van der Waals surface area contributed by atoms with Gasteiger partial charge in [0, 0.05) is 12.1 Å². The van der Waals surface area contributed by atoms with Crippen LogP contribution < -0.4 is 14.8 Å². The van der Waals surface area contributed by atoms with Crippen LogP contribution in [0.4, 0.5) is 0 Å². The number of nitrogens with one attached hydrogen (secondary N) is 1. The van der Waals surface area contributed by atoms with Crippen molar-refractivity contribution in [3.8, 4) is 28.7 Å². The number of hydrogen-bond acceptors (Lipinski definition) is 6. The van der Waals surface area contributed by atoms with Crippen LogP contribution >= 0.6 is 0 Å². The third-order valence-corrected chi connectivity index (χ3v) is 4.76. The Morgan fingerprint density at radius 3 is 2.31 bits per heavy atom. The van der Waals surface area contributed by atoms with Crippen molar-refractivity contribution in [2.45, 2.75) is 6.54 Å². The molecule has 3 aromatic rings. The Labute approximate surface area is 186 Å². The number of hydrogen-bond donors (Lipinski definition) is 1. The summed E-state index contributed by atoms with van der Waals surface area (Å²) in [7, 11) is 3.08. The van der Waals surface area contributed by atoms with E-state index in [0.717, 1.165) is 5.56 Å². The van der Waals surface area contributed by atoms with Crippen LogP contribution in [0.15, 0.2) is 66.7 Å². The summed E-state index contributed by atoms with van der Waals surface area (Å²) in [6.45, 7) is -0.191. The lowest BCUT2D eigenvalue weighted by atomic mass is 9.96. The Kier molecular flexibility index (Phi) is 7.44. The van der Waals surface area contributed by atoms with Gasteiger partial charge in [0.15, 0.2) is 18.1 Å². The predicted molar refractivity (Wildman–Crippen MR) is 118 cm³/mol. The van der Waals surface area contributed by atoms with Crippen LogP contribution in [0.2, 0.25) is 0 Å². The van der Waals surface area contributed by atoms with Crippen molar-refractivity contribution in [1.29, 1.82) is 5.26 Å². The van der Waals surface area contributed by atoms with Gasteiger partial charge in [0.05, 0.1) is 31.4 Å². The van der Waals surface area contributed by atoms with Crippen molar-refractivity contribution in [3.05, 3.63) is 83.4 Å². The van der Waals surface area contributed by atoms with Gasteiger partial charge in [-0.15, -0.1) is 0 Å². The second-order valence-electron chi connectivity index (χ2n) is 6.75. The number of carbonyl (C=O) groups is 2. The highest BCUT2D eigenvalue weighted by Crippen LogP contribution is 2.28. The molecule has 0 heterocycles. The maximum Gasteiger partial charge on any atom is 0.339 e. The molecule has 7 nitrogen and oxygen atoms in total. The van der Waals surface area contributed by atoms with Crippen LogP contribution in [0.1, 0.15) is 21.5 Å². The number of benzene rings is 3. The van der Waals surface area contributed by atoms with Gasteiger partial charge >= 0.3 is 5.97 Å². The Morgan fingerprint density at radius 2 is 1.59 bits per heavy atom. The minimum atomic E-state index is -0.644. The van der Waals surface area contributed by atoms with Crippen LogP contribution in [0.5, 0.6) is 11.5 Å². The van der Waals surface area contributed by atoms with E-state index in [0.29, 0.717) is 28.2 Å². The molecule has 0 aliphatic rings. The van der Waals surface area contributed by atoms with Crippen molar-refractivity contribution in [2.75, 3.05) is 20.8 Å². The van der Waals surface area contributed by atoms with Crippen molar-refractivity contribution in [2.24, 2.45) is 0 Å². The largest absolute Gasteiger partial charge is 0.493 e. The van der Waals surface area contributed by atoms with Gasteiger partial charge < -0.3 is 19.5 Å². The lowest BCUT2D eigenvalue weighted by Crippen LogP contribution is -2.28. The molecule has 0 aromatic heterocycles. The van der Waals surface area contributed by atoms with Crippen LogP contribution in [0.3, 0.4) is 0 Å². The maximum atomic E-state index is 12.7. The first-order chi connectivity index (χ1) is 15.6. The lowest BCUT2D eigenvalue weighted by molar-refractivity contribution is -0.124. The zero-order valence-electron chi connectivity index (χ0n) is 17.8. The summed E-state index contributed by atoms with van der Waals surface area (Å²) in [6, 6.07) is 21.2. The summed E-state index contributed by atoms with van der Waals surface area (Å²) < 4.78 is 15.7. The third kappa shape index (κ3) is 5.24. The molecule has 1 N–H and O–H groups in total. The molecule has 1 amide bonds. The second kappa shape index (κ2) is 10.6. The molecule has 0 aliphatic carbocycles. The smallest absolute Gasteiger partial charge is 0.339 e. The van der Waals surface area contributed by atoms with E-state index in [-0.39, 0.29) is 12.1 Å². The molecule has 0 bridgehead atoms. The number of nitriles is 1. The van der Waals surface area contributed by atoms with Gasteiger partial charge in [-0.2, -0.15) is 5.26 Å². The second-order valence-corrected chi connectivity index (χ2v) is 6.75. The molecule has 0 radical (unpaired) electrons. The first-order valence-electron chi connectivity index (χ1n) is 9.80.